The Bertz CT molecular complexity index is 520. The van der Waals surface area contributed by atoms with Gasteiger partial charge < -0.3 is 5.11 Å². The van der Waals surface area contributed by atoms with Gasteiger partial charge in [0.15, 0.2) is 9.84 Å². The average Bonchev–Trinajstić information content (AvgIpc) is 2.36. The molecule has 0 saturated heterocycles. The fourth-order valence-corrected chi connectivity index (χ4v) is 3.66. The van der Waals surface area contributed by atoms with Gasteiger partial charge in [0, 0.05) is 10.6 Å². The second-order valence-electron chi connectivity index (χ2n) is 4.34. The van der Waals surface area contributed by atoms with Crippen LogP contribution in [0.3, 0.4) is 0 Å². The Hall–Kier alpha value is -1.01. The van der Waals surface area contributed by atoms with Crippen LogP contribution in [0.1, 0.15) is 20.3 Å². The minimum absolute atomic E-state index is 0.148. The maximum atomic E-state index is 11.8. The molecule has 0 aromatic heterocycles. The van der Waals surface area contributed by atoms with Gasteiger partial charge >= 0.3 is 5.97 Å². The molecule has 6 heteroatoms. The Morgan fingerprint density at radius 1 is 1.32 bits per heavy atom. The third kappa shape index (κ3) is 4.87. The van der Waals surface area contributed by atoms with Crippen LogP contribution in [0.2, 0.25) is 0 Å². The predicted molar refractivity (Wildman–Crippen MR) is 76.3 cm³/mol. The van der Waals surface area contributed by atoms with Crippen molar-refractivity contribution < 1.29 is 18.3 Å². The van der Waals surface area contributed by atoms with E-state index in [0.29, 0.717) is 17.1 Å². The molecule has 0 bridgehead atoms. The maximum absolute atomic E-state index is 11.8. The summed E-state index contributed by atoms with van der Waals surface area (Å²) in [6.07, 6.45) is 0.592. The molecule has 1 rings (SSSR count). The first kappa shape index (κ1) is 16.0. The zero-order valence-corrected chi connectivity index (χ0v) is 12.6. The van der Waals surface area contributed by atoms with Crippen molar-refractivity contribution in [3.05, 3.63) is 24.3 Å². The molecule has 1 aromatic rings. The van der Waals surface area contributed by atoms with E-state index in [9.17, 15) is 13.2 Å². The standard InChI is InChI=1S/C13H18O4S2/c1-3-8-19(16,17)12-6-4-11(5-7-12)18-9-10(2)13(14)15/h4-7,10H,3,8-9H2,1-2H3,(H,14,15). The summed E-state index contributed by atoms with van der Waals surface area (Å²) in [5, 5.41) is 8.78. The van der Waals surface area contributed by atoms with E-state index in [1.54, 1.807) is 31.2 Å². The van der Waals surface area contributed by atoms with Gasteiger partial charge in [0.1, 0.15) is 0 Å². The van der Waals surface area contributed by atoms with E-state index in [0.717, 1.165) is 4.90 Å². The molecule has 1 atom stereocenters. The molecule has 0 fully saturated rings. The highest BCUT2D eigenvalue weighted by Crippen LogP contribution is 2.23. The van der Waals surface area contributed by atoms with Crippen LogP contribution in [-0.4, -0.2) is 31.0 Å². The van der Waals surface area contributed by atoms with Gasteiger partial charge in [-0.1, -0.05) is 13.8 Å². The normalized spacial score (nSPS) is 13.2. The second kappa shape index (κ2) is 6.96. The van der Waals surface area contributed by atoms with Gasteiger partial charge in [0.2, 0.25) is 0 Å². The molecule has 0 heterocycles. The average molecular weight is 302 g/mol. The molecule has 106 valence electrons. The van der Waals surface area contributed by atoms with Gasteiger partial charge in [-0.15, -0.1) is 11.8 Å². The van der Waals surface area contributed by atoms with E-state index >= 15 is 0 Å². The number of benzene rings is 1. The number of thioether (sulfide) groups is 1. The van der Waals surface area contributed by atoms with Gasteiger partial charge in [-0.25, -0.2) is 8.42 Å². The molecule has 0 saturated carbocycles. The third-order valence-electron chi connectivity index (χ3n) is 2.58. The summed E-state index contributed by atoms with van der Waals surface area (Å²) in [7, 11) is -3.18. The summed E-state index contributed by atoms with van der Waals surface area (Å²) in [6, 6.07) is 6.61. The molecule has 1 unspecified atom stereocenters. The van der Waals surface area contributed by atoms with Crippen molar-refractivity contribution in [2.75, 3.05) is 11.5 Å². The Balaban J connectivity index is 2.69. The van der Waals surface area contributed by atoms with Crippen LogP contribution < -0.4 is 0 Å². The topological polar surface area (TPSA) is 71.4 Å². The van der Waals surface area contributed by atoms with Gasteiger partial charge in [-0.3, -0.25) is 4.79 Å². The second-order valence-corrected chi connectivity index (χ2v) is 7.54. The Kier molecular flexibility index (Phi) is 5.87. The molecule has 19 heavy (non-hydrogen) atoms. The van der Waals surface area contributed by atoms with Gasteiger partial charge in [0.25, 0.3) is 0 Å². The van der Waals surface area contributed by atoms with E-state index in [2.05, 4.69) is 0 Å². The minimum Gasteiger partial charge on any atom is -0.481 e. The zero-order chi connectivity index (χ0) is 14.5. The molecule has 1 N–H and O–H groups in total. The molecular weight excluding hydrogens is 284 g/mol. The lowest BCUT2D eigenvalue weighted by Gasteiger charge is -2.07. The predicted octanol–water partition coefficient (Wildman–Crippen LogP) is 2.68. The highest BCUT2D eigenvalue weighted by atomic mass is 32.2. The van der Waals surface area contributed by atoms with E-state index in [-0.39, 0.29) is 5.75 Å². The van der Waals surface area contributed by atoms with Gasteiger partial charge in [-0.2, -0.15) is 0 Å². The minimum atomic E-state index is -3.18. The van der Waals surface area contributed by atoms with Crippen LogP contribution in [0.15, 0.2) is 34.1 Å². The van der Waals surface area contributed by atoms with E-state index in [1.807, 2.05) is 6.92 Å². The Labute approximate surface area is 118 Å². The highest BCUT2D eigenvalue weighted by molar-refractivity contribution is 7.99. The Morgan fingerprint density at radius 2 is 1.89 bits per heavy atom. The third-order valence-corrected chi connectivity index (χ3v) is 5.79. The van der Waals surface area contributed by atoms with E-state index in [1.165, 1.54) is 11.8 Å². The number of rotatable bonds is 7. The molecule has 0 radical (unpaired) electrons. The molecular formula is C13H18O4S2. The van der Waals surface area contributed by atoms with Crippen molar-refractivity contribution in [3.8, 4) is 0 Å². The summed E-state index contributed by atoms with van der Waals surface area (Å²) in [6.45, 7) is 3.48. The quantitative estimate of drug-likeness (QED) is 0.784. The zero-order valence-electron chi connectivity index (χ0n) is 11.0. The number of hydrogen-bond donors (Lipinski definition) is 1. The lowest BCUT2D eigenvalue weighted by molar-refractivity contribution is -0.140. The van der Waals surface area contributed by atoms with Crippen molar-refractivity contribution in [3.63, 3.8) is 0 Å². The molecule has 0 aliphatic rings. The van der Waals surface area contributed by atoms with Crippen LogP contribution in [0, 0.1) is 5.92 Å². The molecule has 1 aromatic carbocycles. The molecule has 0 spiro atoms. The fraction of sp³-hybridized carbons (Fsp3) is 0.462. The van der Waals surface area contributed by atoms with Crippen LogP contribution in [-0.2, 0) is 14.6 Å². The van der Waals surface area contributed by atoms with Crippen molar-refractivity contribution in [1.82, 2.24) is 0 Å². The SMILES string of the molecule is CCCS(=O)(=O)c1ccc(SCC(C)C(=O)O)cc1. The van der Waals surface area contributed by atoms with Crippen LogP contribution in [0.4, 0.5) is 0 Å². The largest absolute Gasteiger partial charge is 0.481 e. The Morgan fingerprint density at radius 3 is 2.37 bits per heavy atom. The summed E-state index contributed by atoms with van der Waals surface area (Å²) in [4.78, 5) is 11.9. The van der Waals surface area contributed by atoms with Crippen molar-refractivity contribution >= 4 is 27.6 Å². The lowest BCUT2D eigenvalue weighted by atomic mass is 10.2. The smallest absolute Gasteiger partial charge is 0.307 e. The molecule has 0 aliphatic carbocycles. The lowest BCUT2D eigenvalue weighted by Crippen LogP contribution is -2.11. The van der Waals surface area contributed by atoms with Crippen LogP contribution >= 0.6 is 11.8 Å². The molecule has 0 aliphatic heterocycles. The van der Waals surface area contributed by atoms with Crippen LogP contribution in [0.5, 0.6) is 0 Å². The first-order chi connectivity index (χ1) is 8.86. The van der Waals surface area contributed by atoms with Gasteiger partial charge in [-0.05, 0) is 30.7 Å². The number of carboxylic acid groups (broad SMARTS) is 1. The van der Waals surface area contributed by atoms with Gasteiger partial charge in [0.05, 0.1) is 16.6 Å². The van der Waals surface area contributed by atoms with Crippen molar-refractivity contribution in [2.45, 2.75) is 30.1 Å². The number of aliphatic carboxylic acids is 1. The monoisotopic (exact) mass is 302 g/mol. The number of carbonyl (C=O) groups is 1. The number of sulfone groups is 1. The number of carboxylic acids is 1. The van der Waals surface area contributed by atoms with Crippen molar-refractivity contribution in [2.24, 2.45) is 5.92 Å². The first-order valence-electron chi connectivity index (χ1n) is 6.05. The molecule has 0 amide bonds. The summed E-state index contributed by atoms with van der Waals surface area (Å²) in [5.74, 6) is -0.630. The summed E-state index contributed by atoms with van der Waals surface area (Å²) < 4.78 is 23.6. The molecule has 4 nitrogen and oxygen atoms in total. The van der Waals surface area contributed by atoms with E-state index in [4.69, 9.17) is 5.11 Å². The van der Waals surface area contributed by atoms with E-state index < -0.39 is 21.7 Å². The summed E-state index contributed by atoms with van der Waals surface area (Å²) >= 11 is 1.41. The summed E-state index contributed by atoms with van der Waals surface area (Å²) in [5.41, 5.74) is 0. The highest BCUT2D eigenvalue weighted by Gasteiger charge is 2.14. The first-order valence-corrected chi connectivity index (χ1v) is 8.69. The number of hydrogen-bond acceptors (Lipinski definition) is 4. The maximum Gasteiger partial charge on any atom is 0.307 e. The van der Waals surface area contributed by atoms with Crippen molar-refractivity contribution in [1.29, 1.82) is 0 Å². The fourth-order valence-electron chi connectivity index (χ4n) is 1.42. The van der Waals surface area contributed by atoms with Crippen LogP contribution in [0.25, 0.3) is 0 Å².